The summed E-state index contributed by atoms with van der Waals surface area (Å²) in [7, 11) is 1.63. The lowest BCUT2D eigenvalue weighted by molar-refractivity contribution is 0.311. The van der Waals surface area contributed by atoms with Crippen molar-refractivity contribution in [3.8, 4) is 11.5 Å². The third-order valence-electron chi connectivity index (χ3n) is 4.61. The molecule has 0 bridgehead atoms. The number of methoxy groups -OCH3 is 1. The molecule has 0 N–H and O–H groups in total. The molecule has 0 atom stereocenters. The molecule has 0 spiro atoms. The van der Waals surface area contributed by atoms with E-state index in [0.717, 1.165) is 41.2 Å². The Morgan fingerprint density at radius 2 is 2.04 bits per heavy atom. The molecule has 3 aromatic rings. The van der Waals surface area contributed by atoms with Gasteiger partial charge < -0.3 is 14.0 Å². The number of ether oxygens (including phenoxy) is 2. The first-order valence-electron chi connectivity index (χ1n) is 8.72. The molecular formula is C21H20N2O3. The van der Waals surface area contributed by atoms with Crippen molar-refractivity contribution in [1.29, 1.82) is 0 Å². The summed E-state index contributed by atoms with van der Waals surface area (Å²) in [5, 5.41) is 0.667. The SMILES string of the molecule is CCOc1ccc(/C=C2/CCn3c2nc(=O)c2ccccc23)cc1OC. The minimum atomic E-state index is -0.177. The molecule has 1 aliphatic rings. The molecule has 0 unspecified atom stereocenters. The number of para-hydroxylation sites is 1. The van der Waals surface area contributed by atoms with Crippen LogP contribution in [0.5, 0.6) is 11.5 Å². The zero-order valence-electron chi connectivity index (χ0n) is 14.9. The Labute approximate surface area is 151 Å². The smallest absolute Gasteiger partial charge is 0.281 e. The first-order chi connectivity index (χ1) is 12.7. The first-order valence-corrected chi connectivity index (χ1v) is 8.72. The van der Waals surface area contributed by atoms with E-state index in [-0.39, 0.29) is 5.56 Å². The number of fused-ring (bicyclic) bond motifs is 3. The van der Waals surface area contributed by atoms with E-state index in [1.807, 2.05) is 49.4 Å². The van der Waals surface area contributed by atoms with E-state index >= 15 is 0 Å². The topological polar surface area (TPSA) is 53.4 Å². The zero-order chi connectivity index (χ0) is 18.1. The highest BCUT2D eigenvalue weighted by molar-refractivity contribution is 5.85. The van der Waals surface area contributed by atoms with Crippen LogP contribution < -0.4 is 15.0 Å². The van der Waals surface area contributed by atoms with E-state index in [1.165, 1.54) is 0 Å². The van der Waals surface area contributed by atoms with E-state index in [9.17, 15) is 4.79 Å². The van der Waals surface area contributed by atoms with Crippen molar-refractivity contribution < 1.29 is 9.47 Å². The number of benzene rings is 2. The van der Waals surface area contributed by atoms with Gasteiger partial charge >= 0.3 is 0 Å². The van der Waals surface area contributed by atoms with Crippen molar-refractivity contribution in [3.63, 3.8) is 0 Å². The van der Waals surface area contributed by atoms with Crippen LogP contribution in [0.4, 0.5) is 0 Å². The molecule has 5 heteroatoms. The maximum absolute atomic E-state index is 12.4. The van der Waals surface area contributed by atoms with Crippen LogP contribution in [-0.4, -0.2) is 23.3 Å². The highest BCUT2D eigenvalue weighted by Crippen LogP contribution is 2.32. The van der Waals surface area contributed by atoms with Crippen molar-refractivity contribution in [3.05, 3.63) is 64.2 Å². The monoisotopic (exact) mass is 348 g/mol. The van der Waals surface area contributed by atoms with Crippen LogP contribution in [0.2, 0.25) is 0 Å². The van der Waals surface area contributed by atoms with Gasteiger partial charge in [0.2, 0.25) is 0 Å². The molecule has 1 aromatic heterocycles. The quantitative estimate of drug-likeness (QED) is 0.721. The second kappa shape index (κ2) is 6.67. The average Bonchev–Trinajstić information content (AvgIpc) is 3.06. The second-order valence-corrected chi connectivity index (χ2v) is 6.17. The molecule has 5 nitrogen and oxygen atoms in total. The van der Waals surface area contributed by atoms with E-state index in [0.29, 0.717) is 17.7 Å². The fourth-order valence-electron chi connectivity index (χ4n) is 3.42. The fraction of sp³-hybridized carbons (Fsp3) is 0.238. The second-order valence-electron chi connectivity index (χ2n) is 6.17. The molecular weight excluding hydrogens is 328 g/mol. The summed E-state index contributed by atoms with van der Waals surface area (Å²) < 4.78 is 13.1. The van der Waals surface area contributed by atoms with Crippen molar-refractivity contribution in [2.45, 2.75) is 19.9 Å². The van der Waals surface area contributed by atoms with Crippen molar-refractivity contribution in [2.75, 3.05) is 13.7 Å². The van der Waals surface area contributed by atoms with E-state index in [4.69, 9.17) is 9.47 Å². The number of aromatic nitrogens is 2. The van der Waals surface area contributed by atoms with Gasteiger partial charge in [-0.25, -0.2) is 0 Å². The maximum atomic E-state index is 12.4. The molecule has 0 saturated heterocycles. The number of hydrogen-bond donors (Lipinski definition) is 0. The fourth-order valence-corrected chi connectivity index (χ4v) is 3.42. The summed E-state index contributed by atoms with van der Waals surface area (Å²) in [5.74, 6) is 2.17. The Morgan fingerprint density at radius 1 is 1.19 bits per heavy atom. The van der Waals surface area contributed by atoms with Crippen LogP contribution in [0.15, 0.2) is 47.3 Å². The minimum Gasteiger partial charge on any atom is -0.493 e. The van der Waals surface area contributed by atoms with Crippen LogP contribution in [0, 0.1) is 0 Å². The summed E-state index contributed by atoms with van der Waals surface area (Å²) in [6.07, 6.45) is 2.91. The molecule has 2 aromatic carbocycles. The predicted octanol–water partition coefficient (Wildman–Crippen LogP) is 3.75. The summed E-state index contributed by atoms with van der Waals surface area (Å²) in [5.41, 5.74) is 2.81. The Balaban J connectivity index is 1.79. The van der Waals surface area contributed by atoms with E-state index in [2.05, 4.69) is 15.6 Å². The van der Waals surface area contributed by atoms with Gasteiger partial charge in [0, 0.05) is 6.54 Å². The van der Waals surface area contributed by atoms with E-state index < -0.39 is 0 Å². The number of nitrogens with zero attached hydrogens (tertiary/aromatic N) is 2. The third-order valence-corrected chi connectivity index (χ3v) is 4.61. The molecule has 0 amide bonds. The first kappa shape index (κ1) is 16.4. The maximum Gasteiger partial charge on any atom is 0.281 e. The lowest BCUT2D eigenvalue weighted by Crippen LogP contribution is -2.14. The number of aryl methyl sites for hydroxylation is 1. The molecule has 26 heavy (non-hydrogen) atoms. The molecule has 1 aliphatic heterocycles. The van der Waals surface area contributed by atoms with E-state index in [1.54, 1.807) is 7.11 Å². The Bertz CT molecular complexity index is 1070. The number of allylic oxidation sites excluding steroid dienone is 1. The number of hydrogen-bond acceptors (Lipinski definition) is 4. The standard InChI is InChI=1S/C21H20N2O3/c1-3-26-18-9-8-14(13-19(18)25-2)12-15-10-11-23-17-7-5-4-6-16(17)21(24)22-20(15)23/h4-9,12-13H,3,10-11H2,1-2H3/b15-12-. The van der Waals surface area contributed by atoms with Crippen molar-refractivity contribution >= 4 is 22.6 Å². The summed E-state index contributed by atoms with van der Waals surface area (Å²) in [6, 6.07) is 13.5. The molecule has 2 heterocycles. The van der Waals surface area contributed by atoms with Gasteiger partial charge in [0.25, 0.3) is 5.56 Å². The van der Waals surface area contributed by atoms with Gasteiger partial charge in [-0.3, -0.25) is 4.79 Å². The molecule has 0 saturated carbocycles. The lowest BCUT2D eigenvalue weighted by atomic mass is 10.1. The Kier molecular flexibility index (Phi) is 4.21. The predicted molar refractivity (Wildman–Crippen MR) is 103 cm³/mol. The van der Waals surface area contributed by atoms with Crippen LogP contribution in [0.1, 0.15) is 24.7 Å². The van der Waals surface area contributed by atoms with Gasteiger partial charge in [0.15, 0.2) is 11.5 Å². The van der Waals surface area contributed by atoms with Gasteiger partial charge in [-0.05, 0) is 54.8 Å². The zero-order valence-corrected chi connectivity index (χ0v) is 14.9. The van der Waals surface area contributed by atoms with Gasteiger partial charge in [0.05, 0.1) is 24.6 Å². The largest absolute Gasteiger partial charge is 0.493 e. The van der Waals surface area contributed by atoms with Crippen molar-refractivity contribution in [2.24, 2.45) is 0 Å². The van der Waals surface area contributed by atoms with Gasteiger partial charge in [-0.1, -0.05) is 18.2 Å². The minimum absolute atomic E-state index is 0.177. The molecule has 0 fully saturated rings. The van der Waals surface area contributed by atoms with Gasteiger partial charge in [-0.15, -0.1) is 0 Å². The van der Waals surface area contributed by atoms with Crippen molar-refractivity contribution in [1.82, 2.24) is 9.55 Å². The molecule has 0 radical (unpaired) electrons. The van der Waals surface area contributed by atoms with Crippen LogP contribution in [0.25, 0.3) is 22.6 Å². The van der Waals surface area contributed by atoms with Gasteiger partial charge in [0.1, 0.15) is 5.82 Å². The highest BCUT2D eigenvalue weighted by atomic mass is 16.5. The summed E-state index contributed by atoms with van der Waals surface area (Å²) >= 11 is 0. The van der Waals surface area contributed by atoms with Crippen LogP contribution in [-0.2, 0) is 6.54 Å². The molecule has 132 valence electrons. The van der Waals surface area contributed by atoms with Gasteiger partial charge in [-0.2, -0.15) is 4.98 Å². The molecule has 0 aliphatic carbocycles. The molecule has 4 rings (SSSR count). The highest BCUT2D eigenvalue weighted by Gasteiger charge is 2.20. The Hall–Kier alpha value is -3.08. The Morgan fingerprint density at radius 3 is 2.85 bits per heavy atom. The van der Waals surface area contributed by atoms with Crippen LogP contribution in [0.3, 0.4) is 0 Å². The summed E-state index contributed by atoms with van der Waals surface area (Å²) in [4.78, 5) is 16.7. The van der Waals surface area contributed by atoms with Crippen LogP contribution >= 0.6 is 0 Å². The number of rotatable bonds is 4. The average molecular weight is 348 g/mol. The third kappa shape index (κ3) is 2.75. The summed E-state index contributed by atoms with van der Waals surface area (Å²) in [6.45, 7) is 3.35. The lowest BCUT2D eigenvalue weighted by Gasteiger charge is -2.10. The normalized spacial score (nSPS) is 14.6.